The maximum absolute atomic E-state index is 5.72. The van der Waals surface area contributed by atoms with Crippen LogP contribution < -0.4 is 5.32 Å². The maximum Gasteiger partial charge on any atom is 0.223 e. The van der Waals surface area contributed by atoms with Crippen LogP contribution in [0.25, 0.3) is 0 Å². The average molecular weight is 280 g/mol. The summed E-state index contributed by atoms with van der Waals surface area (Å²) >= 11 is 7.48. The van der Waals surface area contributed by atoms with Crippen LogP contribution in [0.3, 0.4) is 0 Å². The molecular formula is C10H15Cl2N3S. The molecule has 1 aromatic rings. The van der Waals surface area contributed by atoms with Gasteiger partial charge in [-0.05, 0) is 49.5 Å². The van der Waals surface area contributed by atoms with Crippen molar-refractivity contribution in [3.05, 3.63) is 17.5 Å². The minimum absolute atomic E-state index is 0. The van der Waals surface area contributed by atoms with E-state index in [4.69, 9.17) is 11.6 Å². The van der Waals surface area contributed by atoms with Crippen LogP contribution in [0.1, 0.15) is 12.8 Å². The lowest BCUT2D eigenvalue weighted by Gasteiger charge is -2.21. The molecule has 1 aliphatic heterocycles. The van der Waals surface area contributed by atoms with E-state index in [1.165, 1.54) is 19.4 Å². The Morgan fingerprint density at radius 2 is 2.44 bits per heavy atom. The van der Waals surface area contributed by atoms with Crippen molar-refractivity contribution in [2.24, 2.45) is 5.92 Å². The molecule has 0 bridgehead atoms. The van der Waals surface area contributed by atoms with Gasteiger partial charge in [-0.2, -0.15) is 0 Å². The molecule has 1 fully saturated rings. The molecule has 1 aromatic heterocycles. The molecule has 0 radical (unpaired) electrons. The Balaban J connectivity index is 0.00000128. The molecule has 0 amide bonds. The van der Waals surface area contributed by atoms with Crippen molar-refractivity contribution in [1.29, 1.82) is 0 Å². The second-order valence-electron chi connectivity index (χ2n) is 3.69. The van der Waals surface area contributed by atoms with Gasteiger partial charge in [-0.3, -0.25) is 0 Å². The van der Waals surface area contributed by atoms with Crippen molar-refractivity contribution < 1.29 is 0 Å². The maximum atomic E-state index is 5.72. The molecule has 6 heteroatoms. The summed E-state index contributed by atoms with van der Waals surface area (Å²) in [6.07, 6.45) is 4.31. The van der Waals surface area contributed by atoms with Gasteiger partial charge in [0.1, 0.15) is 5.03 Å². The highest BCUT2D eigenvalue weighted by Gasteiger charge is 2.13. The Morgan fingerprint density at radius 3 is 3.12 bits per heavy atom. The predicted octanol–water partition coefficient (Wildman–Crippen LogP) is 2.64. The molecule has 0 aliphatic carbocycles. The molecule has 16 heavy (non-hydrogen) atoms. The Hall–Kier alpha value is -0.0300. The molecule has 2 rings (SSSR count). The van der Waals surface area contributed by atoms with Crippen LogP contribution in [-0.4, -0.2) is 28.8 Å². The Morgan fingerprint density at radius 1 is 1.56 bits per heavy atom. The molecule has 1 aliphatic rings. The predicted molar refractivity (Wildman–Crippen MR) is 70.6 cm³/mol. The van der Waals surface area contributed by atoms with Crippen LogP contribution in [0.5, 0.6) is 0 Å². The Kier molecular flexibility index (Phi) is 6.43. The fourth-order valence-electron chi connectivity index (χ4n) is 1.67. The first-order valence-corrected chi connectivity index (χ1v) is 6.53. The number of hydrogen-bond donors (Lipinski definition) is 1. The summed E-state index contributed by atoms with van der Waals surface area (Å²) in [4.78, 5) is 8.02. The molecule has 1 N–H and O–H groups in total. The zero-order valence-electron chi connectivity index (χ0n) is 8.86. The molecule has 1 saturated heterocycles. The molecule has 0 saturated carbocycles. The van der Waals surface area contributed by atoms with E-state index < -0.39 is 0 Å². The number of nitrogens with zero attached hydrogens (tertiary/aromatic N) is 2. The number of nitrogens with one attached hydrogen (secondary N) is 1. The van der Waals surface area contributed by atoms with E-state index in [1.54, 1.807) is 18.0 Å². The molecule has 90 valence electrons. The summed E-state index contributed by atoms with van der Waals surface area (Å²) in [6.45, 7) is 2.30. The van der Waals surface area contributed by atoms with Gasteiger partial charge in [0.05, 0.1) is 0 Å². The van der Waals surface area contributed by atoms with Gasteiger partial charge in [0.25, 0.3) is 0 Å². The van der Waals surface area contributed by atoms with E-state index in [1.807, 2.05) is 6.07 Å². The fourth-order valence-corrected chi connectivity index (χ4v) is 2.87. The van der Waals surface area contributed by atoms with Crippen molar-refractivity contribution in [3.63, 3.8) is 0 Å². The standard InChI is InChI=1S/C10H14ClN3S.ClH/c11-10-13-5-3-9(14-10)15-7-8-2-1-4-12-6-8;/h3,5,8,12H,1-2,4,6-7H2;1H. The first-order chi connectivity index (χ1) is 7.34. The third-order valence-corrected chi connectivity index (χ3v) is 3.81. The van der Waals surface area contributed by atoms with Crippen molar-refractivity contribution >= 4 is 35.8 Å². The van der Waals surface area contributed by atoms with Crippen LogP contribution in [0, 0.1) is 5.92 Å². The van der Waals surface area contributed by atoms with Gasteiger partial charge in [0.2, 0.25) is 5.28 Å². The van der Waals surface area contributed by atoms with E-state index in [9.17, 15) is 0 Å². The zero-order chi connectivity index (χ0) is 10.5. The Labute approximate surface area is 111 Å². The SMILES string of the molecule is Cl.Clc1nccc(SCC2CCCNC2)n1. The lowest BCUT2D eigenvalue weighted by molar-refractivity contribution is 0.410. The summed E-state index contributed by atoms with van der Waals surface area (Å²) < 4.78 is 0. The second kappa shape index (κ2) is 7.33. The van der Waals surface area contributed by atoms with E-state index in [2.05, 4.69) is 15.3 Å². The van der Waals surface area contributed by atoms with Crippen molar-refractivity contribution in [3.8, 4) is 0 Å². The molecule has 1 unspecified atom stereocenters. The van der Waals surface area contributed by atoms with Crippen LogP contribution in [0.4, 0.5) is 0 Å². The highest BCUT2D eigenvalue weighted by molar-refractivity contribution is 7.99. The smallest absolute Gasteiger partial charge is 0.223 e. The summed E-state index contributed by atoms with van der Waals surface area (Å²) in [5.74, 6) is 1.87. The molecular weight excluding hydrogens is 265 g/mol. The molecule has 1 atom stereocenters. The van der Waals surface area contributed by atoms with Gasteiger partial charge in [0.15, 0.2) is 0 Å². The van der Waals surface area contributed by atoms with E-state index in [0.717, 1.165) is 23.2 Å². The van der Waals surface area contributed by atoms with E-state index >= 15 is 0 Å². The second-order valence-corrected chi connectivity index (χ2v) is 5.07. The van der Waals surface area contributed by atoms with Crippen LogP contribution in [0.2, 0.25) is 5.28 Å². The van der Waals surface area contributed by atoms with Gasteiger partial charge in [-0.1, -0.05) is 0 Å². The van der Waals surface area contributed by atoms with Gasteiger partial charge in [0, 0.05) is 11.9 Å². The highest BCUT2D eigenvalue weighted by Crippen LogP contribution is 2.22. The van der Waals surface area contributed by atoms with Gasteiger partial charge < -0.3 is 5.32 Å². The topological polar surface area (TPSA) is 37.8 Å². The Bertz CT molecular complexity index is 319. The minimum atomic E-state index is 0. The monoisotopic (exact) mass is 279 g/mol. The van der Waals surface area contributed by atoms with Crippen LogP contribution >= 0.6 is 35.8 Å². The summed E-state index contributed by atoms with van der Waals surface area (Å²) in [7, 11) is 0. The largest absolute Gasteiger partial charge is 0.316 e. The minimum Gasteiger partial charge on any atom is -0.316 e. The van der Waals surface area contributed by atoms with E-state index in [-0.39, 0.29) is 12.4 Å². The number of halogens is 2. The third kappa shape index (κ3) is 4.45. The third-order valence-electron chi connectivity index (χ3n) is 2.47. The first-order valence-electron chi connectivity index (χ1n) is 5.16. The van der Waals surface area contributed by atoms with Crippen molar-refractivity contribution in [2.45, 2.75) is 17.9 Å². The van der Waals surface area contributed by atoms with Gasteiger partial charge in [-0.15, -0.1) is 24.2 Å². The molecule has 2 heterocycles. The number of thioether (sulfide) groups is 1. The van der Waals surface area contributed by atoms with Gasteiger partial charge >= 0.3 is 0 Å². The highest BCUT2D eigenvalue weighted by atomic mass is 35.5. The van der Waals surface area contributed by atoms with Crippen LogP contribution in [0.15, 0.2) is 17.3 Å². The lowest BCUT2D eigenvalue weighted by atomic mass is 10.0. The number of piperidine rings is 1. The van der Waals surface area contributed by atoms with Gasteiger partial charge in [-0.25, -0.2) is 9.97 Å². The number of aromatic nitrogens is 2. The molecule has 0 aromatic carbocycles. The van der Waals surface area contributed by atoms with Crippen molar-refractivity contribution in [2.75, 3.05) is 18.8 Å². The fraction of sp³-hybridized carbons (Fsp3) is 0.600. The van der Waals surface area contributed by atoms with Crippen LogP contribution in [-0.2, 0) is 0 Å². The summed E-state index contributed by atoms with van der Waals surface area (Å²) in [6, 6.07) is 1.91. The van der Waals surface area contributed by atoms with Crippen molar-refractivity contribution in [1.82, 2.24) is 15.3 Å². The molecule has 3 nitrogen and oxygen atoms in total. The first kappa shape index (κ1) is 14.0. The quantitative estimate of drug-likeness (QED) is 0.525. The number of rotatable bonds is 3. The van der Waals surface area contributed by atoms with E-state index in [0.29, 0.717) is 5.28 Å². The molecule has 0 spiro atoms. The zero-order valence-corrected chi connectivity index (χ0v) is 11.2. The number of hydrogen-bond acceptors (Lipinski definition) is 4. The average Bonchev–Trinajstić information content (AvgIpc) is 2.28. The summed E-state index contributed by atoms with van der Waals surface area (Å²) in [5.41, 5.74) is 0. The lowest BCUT2D eigenvalue weighted by Crippen LogP contribution is -2.30. The normalized spacial score (nSPS) is 20.2. The summed E-state index contributed by atoms with van der Waals surface area (Å²) in [5, 5.41) is 4.72.